The second kappa shape index (κ2) is 7.39. The Morgan fingerprint density at radius 1 is 1.17 bits per heavy atom. The van der Waals surface area contributed by atoms with E-state index in [4.69, 9.17) is 21.7 Å². The van der Waals surface area contributed by atoms with Crippen LogP contribution in [0.4, 0.5) is 0 Å². The number of carbonyl (C=O) groups is 1. The molecule has 23 heavy (non-hydrogen) atoms. The Bertz CT molecular complexity index is 714. The van der Waals surface area contributed by atoms with Crippen LogP contribution in [0, 0.1) is 0 Å². The molecule has 2 aromatic carbocycles. The molecule has 1 saturated heterocycles. The number of hydrogen-bond donors (Lipinski definition) is 1. The van der Waals surface area contributed by atoms with Gasteiger partial charge in [0.25, 0.3) is 5.91 Å². The zero-order valence-corrected chi connectivity index (χ0v) is 13.5. The number of carbonyl (C=O) groups excluding carboxylic acids is 1. The maximum absolute atomic E-state index is 12.0. The van der Waals surface area contributed by atoms with Crippen molar-refractivity contribution in [1.29, 1.82) is 0 Å². The van der Waals surface area contributed by atoms with Crippen LogP contribution >= 0.6 is 12.2 Å². The SMILES string of the molecule is O=C(COc1ccc2ccccc2c1)NC(=S)N1CCOCC1. The summed E-state index contributed by atoms with van der Waals surface area (Å²) in [6.45, 7) is 2.59. The van der Waals surface area contributed by atoms with Crippen molar-refractivity contribution < 1.29 is 14.3 Å². The molecule has 0 bridgehead atoms. The van der Waals surface area contributed by atoms with Crippen LogP contribution in [0.15, 0.2) is 42.5 Å². The molecule has 0 atom stereocenters. The molecule has 1 heterocycles. The summed E-state index contributed by atoms with van der Waals surface area (Å²) in [6, 6.07) is 13.8. The molecule has 1 aliphatic rings. The summed E-state index contributed by atoms with van der Waals surface area (Å²) >= 11 is 5.23. The average Bonchev–Trinajstić information content (AvgIpc) is 2.60. The van der Waals surface area contributed by atoms with Crippen molar-refractivity contribution in [2.75, 3.05) is 32.9 Å². The smallest absolute Gasteiger partial charge is 0.264 e. The van der Waals surface area contributed by atoms with E-state index in [1.165, 1.54) is 0 Å². The zero-order chi connectivity index (χ0) is 16.1. The van der Waals surface area contributed by atoms with E-state index in [1.807, 2.05) is 47.4 Å². The lowest BCUT2D eigenvalue weighted by molar-refractivity contribution is -0.121. The lowest BCUT2D eigenvalue weighted by atomic mass is 10.1. The standard InChI is InChI=1S/C17H18N2O3S/c20-16(18-17(23)19-7-9-21-10-8-19)12-22-15-6-5-13-3-1-2-4-14(13)11-15/h1-6,11H,7-10,12H2,(H,18,20,23). The van der Waals surface area contributed by atoms with Gasteiger partial charge in [0.1, 0.15) is 5.75 Å². The van der Waals surface area contributed by atoms with E-state index in [-0.39, 0.29) is 12.5 Å². The Morgan fingerprint density at radius 2 is 1.91 bits per heavy atom. The van der Waals surface area contributed by atoms with Crippen molar-refractivity contribution in [3.8, 4) is 5.75 Å². The molecule has 120 valence electrons. The van der Waals surface area contributed by atoms with Gasteiger partial charge < -0.3 is 19.7 Å². The minimum Gasteiger partial charge on any atom is -0.484 e. The van der Waals surface area contributed by atoms with Crippen molar-refractivity contribution >= 4 is 34.0 Å². The van der Waals surface area contributed by atoms with Gasteiger partial charge in [0.15, 0.2) is 11.7 Å². The minimum absolute atomic E-state index is 0.0666. The second-order valence-corrected chi connectivity index (χ2v) is 5.64. The van der Waals surface area contributed by atoms with E-state index in [9.17, 15) is 4.79 Å². The first-order chi connectivity index (χ1) is 11.2. The Hall–Kier alpha value is -2.18. The summed E-state index contributed by atoms with van der Waals surface area (Å²) in [5, 5.41) is 5.34. The van der Waals surface area contributed by atoms with Crippen molar-refractivity contribution in [2.45, 2.75) is 0 Å². The molecule has 0 radical (unpaired) electrons. The fraction of sp³-hybridized carbons (Fsp3) is 0.294. The molecule has 6 heteroatoms. The fourth-order valence-electron chi connectivity index (χ4n) is 2.41. The van der Waals surface area contributed by atoms with Crippen LogP contribution in [0.25, 0.3) is 10.8 Å². The third-order valence-electron chi connectivity index (χ3n) is 3.64. The first kappa shape index (κ1) is 15.7. The number of benzene rings is 2. The lowest BCUT2D eigenvalue weighted by Crippen LogP contribution is -2.48. The van der Waals surface area contributed by atoms with E-state index in [0.717, 1.165) is 10.8 Å². The van der Waals surface area contributed by atoms with Crippen LogP contribution in [0.2, 0.25) is 0 Å². The van der Waals surface area contributed by atoms with Gasteiger partial charge >= 0.3 is 0 Å². The molecule has 1 aliphatic heterocycles. The molecule has 0 unspecified atom stereocenters. The summed E-state index contributed by atoms with van der Waals surface area (Å²) in [5.41, 5.74) is 0. The van der Waals surface area contributed by atoms with Crippen LogP contribution < -0.4 is 10.1 Å². The van der Waals surface area contributed by atoms with Crippen LogP contribution in [-0.4, -0.2) is 48.8 Å². The highest BCUT2D eigenvalue weighted by Gasteiger charge is 2.15. The highest BCUT2D eigenvalue weighted by atomic mass is 32.1. The molecule has 1 N–H and O–H groups in total. The highest BCUT2D eigenvalue weighted by molar-refractivity contribution is 7.80. The van der Waals surface area contributed by atoms with E-state index in [1.54, 1.807) is 0 Å². The number of nitrogens with zero attached hydrogens (tertiary/aromatic N) is 1. The van der Waals surface area contributed by atoms with E-state index < -0.39 is 0 Å². The Labute approximate surface area is 140 Å². The van der Waals surface area contributed by atoms with Crippen LogP contribution in [0.5, 0.6) is 5.75 Å². The van der Waals surface area contributed by atoms with E-state index in [2.05, 4.69) is 5.32 Å². The normalized spacial score (nSPS) is 14.5. The maximum atomic E-state index is 12.0. The van der Waals surface area contributed by atoms with E-state index >= 15 is 0 Å². The average molecular weight is 330 g/mol. The Balaban J connectivity index is 1.52. The molecule has 0 saturated carbocycles. The largest absolute Gasteiger partial charge is 0.484 e. The molecule has 5 nitrogen and oxygen atoms in total. The van der Waals surface area contributed by atoms with Gasteiger partial charge in [-0.1, -0.05) is 30.3 Å². The van der Waals surface area contributed by atoms with Crippen molar-refractivity contribution in [3.63, 3.8) is 0 Å². The number of amides is 1. The number of thiocarbonyl (C=S) groups is 1. The predicted molar refractivity (Wildman–Crippen MR) is 92.6 cm³/mol. The molecule has 0 aliphatic carbocycles. The molecule has 1 fully saturated rings. The third kappa shape index (κ3) is 4.18. The number of nitrogens with one attached hydrogen (secondary N) is 1. The molecular formula is C17H18N2O3S. The molecule has 3 rings (SSSR count). The fourth-order valence-corrected chi connectivity index (χ4v) is 2.70. The number of hydrogen-bond acceptors (Lipinski definition) is 4. The van der Waals surface area contributed by atoms with Gasteiger partial charge in [0.05, 0.1) is 13.2 Å². The summed E-state index contributed by atoms with van der Waals surface area (Å²) in [7, 11) is 0. The first-order valence-electron chi connectivity index (χ1n) is 7.50. The Morgan fingerprint density at radius 3 is 2.70 bits per heavy atom. The van der Waals surface area contributed by atoms with Gasteiger partial charge in [0, 0.05) is 13.1 Å². The van der Waals surface area contributed by atoms with Crippen molar-refractivity contribution in [2.24, 2.45) is 0 Å². The summed E-state index contributed by atoms with van der Waals surface area (Å²) in [5.74, 6) is 0.408. The molecular weight excluding hydrogens is 312 g/mol. The summed E-state index contributed by atoms with van der Waals surface area (Å²) in [6.07, 6.45) is 0. The van der Waals surface area contributed by atoms with E-state index in [0.29, 0.717) is 37.2 Å². The number of rotatable bonds is 3. The van der Waals surface area contributed by atoms with Crippen molar-refractivity contribution in [3.05, 3.63) is 42.5 Å². The topological polar surface area (TPSA) is 50.8 Å². The summed E-state index contributed by atoms with van der Waals surface area (Å²) < 4.78 is 10.8. The molecule has 0 aromatic heterocycles. The molecule has 0 spiro atoms. The summed E-state index contributed by atoms with van der Waals surface area (Å²) in [4.78, 5) is 13.9. The number of morpholine rings is 1. The monoisotopic (exact) mass is 330 g/mol. The van der Waals surface area contributed by atoms with Crippen molar-refractivity contribution in [1.82, 2.24) is 10.2 Å². The van der Waals surface area contributed by atoms with Crippen LogP contribution in [-0.2, 0) is 9.53 Å². The van der Waals surface area contributed by atoms with Gasteiger partial charge in [-0.15, -0.1) is 0 Å². The van der Waals surface area contributed by atoms with Gasteiger partial charge in [-0.2, -0.15) is 0 Å². The number of ether oxygens (including phenoxy) is 2. The van der Waals surface area contributed by atoms with Crippen LogP contribution in [0.1, 0.15) is 0 Å². The second-order valence-electron chi connectivity index (χ2n) is 5.25. The van der Waals surface area contributed by atoms with Gasteiger partial charge in [-0.05, 0) is 35.1 Å². The third-order valence-corrected chi connectivity index (χ3v) is 4.00. The number of fused-ring (bicyclic) bond motifs is 1. The first-order valence-corrected chi connectivity index (χ1v) is 7.91. The quantitative estimate of drug-likeness (QED) is 0.872. The predicted octanol–water partition coefficient (Wildman–Crippen LogP) is 1.95. The Kier molecular flexibility index (Phi) is 5.05. The van der Waals surface area contributed by atoms with Gasteiger partial charge in [-0.25, -0.2) is 0 Å². The lowest BCUT2D eigenvalue weighted by Gasteiger charge is -2.28. The zero-order valence-electron chi connectivity index (χ0n) is 12.7. The van der Waals surface area contributed by atoms with Gasteiger partial charge in [0.2, 0.25) is 0 Å². The van der Waals surface area contributed by atoms with Gasteiger partial charge in [-0.3, -0.25) is 4.79 Å². The minimum atomic E-state index is -0.255. The highest BCUT2D eigenvalue weighted by Crippen LogP contribution is 2.20. The molecule has 2 aromatic rings. The molecule has 1 amide bonds. The maximum Gasteiger partial charge on any atom is 0.264 e. The van der Waals surface area contributed by atoms with Crippen LogP contribution in [0.3, 0.4) is 0 Å².